The van der Waals surface area contributed by atoms with Crippen LogP contribution in [0.25, 0.3) is 0 Å². The first-order chi connectivity index (χ1) is 6.74. The average Bonchev–Trinajstić information content (AvgIpc) is 2.18. The van der Waals surface area contributed by atoms with Gasteiger partial charge in [-0.2, -0.15) is 0 Å². The van der Waals surface area contributed by atoms with Crippen LogP contribution in [0.1, 0.15) is 17.5 Å². The third-order valence-electron chi connectivity index (χ3n) is 2.04. The summed E-state index contributed by atoms with van der Waals surface area (Å²) in [6.07, 6.45) is 1.01. The van der Waals surface area contributed by atoms with Gasteiger partial charge < -0.3 is 5.32 Å². The molecule has 0 amide bonds. The average molecular weight is 232 g/mol. The predicted octanol–water partition coefficient (Wildman–Crippen LogP) is 3.37. The number of rotatable bonds is 5. The summed E-state index contributed by atoms with van der Waals surface area (Å²) >= 11 is 11.5. The molecule has 0 heterocycles. The molecule has 0 atom stereocenters. The number of hydrogen-bond acceptors (Lipinski definition) is 1. The first-order valence-corrected chi connectivity index (χ1v) is 5.67. The number of aryl methyl sites for hydroxylation is 1. The highest BCUT2D eigenvalue weighted by atomic mass is 35.5. The minimum atomic E-state index is 0.715. The van der Waals surface area contributed by atoms with E-state index in [1.54, 1.807) is 0 Å². The fourth-order valence-corrected chi connectivity index (χ4v) is 1.49. The molecule has 3 heteroatoms. The van der Waals surface area contributed by atoms with Crippen molar-refractivity contribution in [3.63, 3.8) is 0 Å². The van der Waals surface area contributed by atoms with Gasteiger partial charge in [0.15, 0.2) is 0 Å². The second-order valence-corrected chi connectivity index (χ2v) is 4.09. The lowest BCUT2D eigenvalue weighted by Crippen LogP contribution is -2.14. The molecular weight excluding hydrogens is 217 g/mol. The Balaban J connectivity index is 2.39. The molecule has 0 fully saturated rings. The molecule has 0 saturated carbocycles. The summed E-state index contributed by atoms with van der Waals surface area (Å²) < 4.78 is 0. The minimum absolute atomic E-state index is 0.715. The number of alkyl halides is 1. The van der Waals surface area contributed by atoms with Crippen LogP contribution in [-0.4, -0.2) is 12.4 Å². The Bertz CT molecular complexity index is 287. The molecule has 0 radical (unpaired) electrons. The van der Waals surface area contributed by atoms with Crippen molar-refractivity contribution in [1.82, 2.24) is 5.32 Å². The predicted molar refractivity (Wildman–Crippen MR) is 63.2 cm³/mol. The van der Waals surface area contributed by atoms with Crippen LogP contribution in [0.2, 0.25) is 5.02 Å². The monoisotopic (exact) mass is 231 g/mol. The van der Waals surface area contributed by atoms with Crippen LogP contribution in [0.3, 0.4) is 0 Å². The second kappa shape index (κ2) is 6.28. The van der Waals surface area contributed by atoms with E-state index >= 15 is 0 Å². The topological polar surface area (TPSA) is 12.0 Å². The highest BCUT2D eigenvalue weighted by Gasteiger charge is 1.96. The van der Waals surface area contributed by atoms with Gasteiger partial charge in [-0.15, -0.1) is 11.6 Å². The summed E-state index contributed by atoms with van der Waals surface area (Å²) in [7, 11) is 0. The molecule has 14 heavy (non-hydrogen) atoms. The summed E-state index contributed by atoms with van der Waals surface area (Å²) in [6.45, 7) is 3.87. The number of nitrogens with one attached hydrogen (secondary N) is 1. The van der Waals surface area contributed by atoms with Gasteiger partial charge in [-0.3, -0.25) is 0 Å². The fraction of sp³-hybridized carbons (Fsp3) is 0.455. The van der Waals surface area contributed by atoms with Crippen molar-refractivity contribution in [3.05, 3.63) is 34.3 Å². The van der Waals surface area contributed by atoms with Crippen molar-refractivity contribution in [2.45, 2.75) is 19.9 Å². The van der Waals surface area contributed by atoms with Gasteiger partial charge in [0.1, 0.15) is 0 Å². The Labute approximate surface area is 95.4 Å². The molecular formula is C11H15Cl2N. The van der Waals surface area contributed by atoms with Crippen LogP contribution < -0.4 is 5.32 Å². The Morgan fingerprint density at radius 3 is 2.79 bits per heavy atom. The van der Waals surface area contributed by atoms with E-state index in [0.717, 1.165) is 30.1 Å². The Morgan fingerprint density at radius 2 is 2.14 bits per heavy atom. The molecule has 0 aliphatic carbocycles. The molecule has 1 nitrogen and oxygen atoms in total. The SMILES string of the molecule is Cc1cc(CNCCCCl)ccc1Cl. The Kier molecular flexibility index (Phi) is 5.31. The molecule has 1 N–H and O–H groups in total. The van der Waals surface area contributed by atoms with Crippen molar-refractivity contribution in [3.8, 4) is 0 Å². The maximum atomic E-state index is 5.93. The molecule has 78 valence electrons. The molecule has 0 unspecified atom stereocenters. The number of benzene rings is 1. The van der Waals surface area contributed by atoms with Gasteiger partial charge in [-0.1, -0.05) is 23.7 Å². The smallest absolute Gasteiger partial charge is 0.0435 e. The molecule has 1 aromatic carbocycles. The van der Waals surface area contributed by atoms with E-state index < -0.39 is 0 Å². The van der Waals surface area contributed by atoms with Gasteiger partial charge in [0.2, 0.25) is 0 Å². The van der Waals surface area contributed by atoms with Crippen LogP contribution in [0.5, 0.6) is 0 Å². The summed E-state index contributed by atoms with van der Waals surface area (Å²) in [5, 5.41) is 4.15. The first kappa shape index (κ1) is 11.8. The quantitative estimate of drug-likeness (QED) is 0.606. The highest BCUT2D eigenvalue weighted by molar-refractivity contribution is 6.31. The number of hydrogen-bond donors (Lipinski definition) is 1. The van der Waals surface area contributed by atoms with E-state index in [4.69, 9.17) is 23.2 Å². The molecule has 0 spiro atoms. The third-order valence-corrected chi connectivity index (χ3v) is 2.73. The zero-order valence-corrected chi connectivity index (χ0v) is 9.83. The van der Waals surface area contributed by atoms with Crippen molar-refractivity contribution in [2.75, 3.05) is 12.4 Å². The molecule has 1 aromatic rings. The summed E-state index contributed by atoms with van der Waals surface area (Å²) in [6, 6.07) is 6.09. The zero-order valence-electron chi connectivity index (χ0n) is 8.32. The maximum Gasteiger partial charge on any atom is 0.0435 e. The number of halogens is 2. The molecule has 0 saturated heterocycles. The van der Waals surface area contributed by atoms with Gasteiger partial charge in [0.05, 0.1) is 0 Å². The second-order valence-electron chi connectivity index (χ2n) is 3.30. The van der Waals surface area contributed by atoms with E-state index in [1.807, 2.05) is 19.1 Å². The molecule has 1 rings (SSSR count). The van der Waals surface area contributed by atoms with E-state index in [1.165, 1.54) is 5.56 Å². The van der Waals surface area contributed by atoms with Crippen molar-refractivity contribution in [1.29, 1.82) is 0 Å². The largest absolute Gasteiger partial charge is 0.313 e. The van der Waals surface area contributed by atoms with Crippen molar-refractivity contribution in [2.24, 2.45) is 0 Å². The lowest BCUT2D eigenvalue weighted by atomic mass is 10.1. The van der Waals surface area contributed by atoms with Crippen LogP contribution in [0.15, 0.2) is 18.2 Å². The van der Waals surface area contributed by atoms with Gasteiger partial charge in [0, 0.05) is 17.4 Å². The van der Waals surface area contributed by atoms with E-state index in [-0.39, 0.29) is 0 Å². The fourth-order valence-electron chi connectivity index (χ4n) is 1.24. The van der Waals surface area contributed by atoms with Crippen molar-refractivity contribution >= 4 is 23.2 Å². The zero-order chi connectivity index (χ0) is 10.4. The lowest BCUT2D eigenvalue weighted by molar-refractivity contribution is 0.677. The molecule has 0 bridgehead atoms. The molecule has 0 aromatic heterocycles. The highest BCUT2D eigenvalue weighted by Crippen LogP contribution is 2.15. The van der Waals surface area contributed by atoms with Crippen LogP contribution in [0, 0.1) is 6.92 Å². The van der Waals surface area contributed by atoms with Crippen molar-refractivity contribution < 1.29 is 0 Å². The standard InChI is InChI=1S/C11H15Cl2N/c1-9-7-10(3-4-11(9)13)8-14-6-2-5-12/h3-4,7,14H,2,5-6,8H2,1H3. The summed E-state index contributed by atoms with van der Waals surface area (Å²) in [4.78, 5) is 0. The summed E-state index contributed by atoms with van der Waals surface area (Å²) in [5.41, 5.74) is 2.39. The minimum Gasteiger partial charge on any atom is -0.313 e. The lowest BCUT2D eigenvalue weighted by Gasteiger charge is -2.05. The van der Waals surface area contributed by atoms with E-state index in [0.29, 0.717) is 5.88 Å². The van der Waals surface area contributed by atoms with Crippen LogP contribution in [-0.2, 0) is 6.54 Å². The van der Waals surface area contributed by atoms with Gasteiger partial charge in [-0.05, 0) is 37.1 Å². The summed E-state index contributed by atoms with van der Waals surface area (Å²) in [5.74, 6) is 0.715. The van der Waals surface area contributed by atoms with Gasteiger partial charge in [-0.25, -0.2) is 0 Å². The molecule has 0 aliphatic rings. The third kappa shape index (κ3) is 3.87. The van der Waals surface area contributed by atoms with Crippen LogP contribution >= 0.6 is 23.2 Å². The van der Waals surface area contributed by atoms with E-state index in [9.17, 15) is 0 Å². The Morgan fingerprint density at radius 1 is 1.36 bits per heavy atom. The Hall–Kier alpha value is -0.240. The van der Waals surface area contributed by atoms with Gasteiger partial charge >= 0.3 is 0 Å². The van der Waals surface area contributed by atoms with Crippen LogP contribution in [0.4, 0.5) is 0 Å². The maximum absolute atomic E-state index is 5.93. The van der Waals surface area contributed by atoms with Gasteiger partial charge in [0.25, 0.3) is 0 Å². The molecule has 0 aliphatic heterocycles. The van der Waals surface area contributed by atoms with E-state index in [2.05, 4.69) is 11.4 Å². The normalized spacial score (nSPS) is 10.5. The first-order valence-electron chi connectivity index (χ1n) is 4.75.